The van der Waals surface area contributed by atoms with E-state index in [0.717, 1.165) is 37.2 Å². The van der Waals surface area contributed by atoms with Gasteiger partial charge >= 0.3 is 0 Å². The van der Waals surface area contributed by atoms with Crippen LogP contribution in [0.3, 0.4) is 0 Å². The molecule has 2 rings (SSSR count). The molecule has 0 radical (unpaired) electrons. The van der Waals surface area contributed by atoms with Crippen LogP contribution in [0.2, 0.25) is 0 Å². The molecule has 3 nitrogen and oxygen atoms in total. The Bertz CT molecular complexity index is 464. The summed E-state index contributed by atoms with van der Waals surface area (Å²) >= 11 is 0. The minimum absolute atomic E-state index is 0.237. The molecule has 0 saturated carbocycles. The van der Waals surface area contributed by atoms with E-state index in [0.29, 0.717) is 5.92 Å². The molecule has 1 unspecified atom stereocenters. The highest BCUT2D eigenvalue weighted by Crippen LogP contribution is 2.29. The van der Waals surface area contributed by atoms with Crippen molar-refractivity contribution in [1.82, 2.24) is 4.90 Å². The number of nitrogens with zero attached hydrogens (tertiary/aromatic N) is 1. The molecule has 1 aliphatic rings. The zero-order valence-corrected chi connectivity index (χ0v) is 12.9. The van der Waals surface area contributed by atoms with Gasteiger partial charge in [0.25, 0.3) is 0 Å². The third kappa shape index (κ3) is 2.97. The first-order chi connectivity index (χ1) is 9.45. The third-order valence-electron chi connectivity index (χ3n) is 4.55. The molecule has 110 valence electrons. The minimum atomic E-state index is -0.483. The van der Waals surface area contributed by atoms with Crippen LogP contribution in [-0.4, -0.2) is 23.9 Å². The second-order valence-corrected chi connectivity index (χ2v) is 6.41. The number of carbonyl (C=O) groups is 1. The molecule has 1 amide bonds. The number of nitrogens with two attached hydrogens (primary N) is 1. The van der Waals surface area contributed by atoms with Crippen molar-refractivity contribution in [2.75, 3.05) is 18.8 Å². The predicted molar refractivity (Wildman–Crippen MR) is 83.5 cm³/mol. The number of hydrogen-bond donors (Lipinski definition) is 1. The van der Waals surface area contributed by atoms with Crippen molar-refractivity contribution in [3.05, 3.63) is 29.8 Å². The lowest BCUT2D eigenvalue weighted by molar-refractivity contribution is -0.138. The molecule has 1 aromatic rings. The molecule has 0 bridgehead atoms. The van der Waals surface area contributed by atoms with Crippen molar-refractivity contribution < 1.29 is 4.79 Å². The summed E-state index contributed by atoms with van der Waals surface area (Å²) in [5.74, 6) is 0.898. The molecular weight excluding hydrogens is 248 g/mol. The number of amides is 1. The van der Waals surface area contributed by atoms with E-state index in [2.05, 4.69) is 6.92 Å². The van der Waals surface area contributed by atoms with Crippen LogP contribution in [0, 0.1) is 5.92 Å². The van der Waals surface area contributed by atoms with Crippen molar-refractivity contribution in [2.24, 2.45) is 5.92 Å². The van der Waals surface area contributed by atoms with Gasteiger partial charge in [0.1, 0.15) is 0 Å². The van der Waals surface area contributed by atoms with E-state index in [1.165, 1.54) is 6.42 Å². The van der Waals surface area contributed by atoms with Crippen LogP contribution < -0.4 is 5.73 Å². The van der Waals surface area contributed by atoms with Crippen LogP contribution in [-0.2, 0) is 10.2 Å². The van der Waals surface area contributed by atoms with Crippen molar-refractivity contribution in [2.45, 2.75) is 45.4 Å². The summed E-state index contributed by atoms with van der Waals surface area (Å²) in [6.07, 6.45) is 3.54. The maximum Gasteiger partial charge on any atom is 0.232 e. The monoisotopic (exact) mass is 274 g/mol. The first-order valence-corrected chi connectivity index (χ1v) is 7.60. The summed E-state index contributed by atoms with van der Waals surface area (Å²) in [6.45, 7) is 8.04. The van der Waals surface area contributed by atoms with Gasteiger partial charge in [-0.05, 0) is 50.3 Å². The summed E-state index contributed by atoms with van der Waals surface area (Å²) in [7, 11) is 0. The predicted octanol–water partition coefficient (Wildman–Crippen LogP) is 3.20. The highest BCUT2D eigenvalue weighted by molar-refractivity contribution is 5.87. The summed E-state index contributed by atoms with van der Waals surface area (Å²) in [5.41, 5.74) is 7.02. The average molecular weight is 274 g/mol. The van der Waals surface area contributed by atoms with Gasteiger partial charge in [-0.1, -0.05) is 25.5 Å². The summed E-state index contributed by atoms with van der Waals surface area (Å²) in [6, 6.07) is 7.67. The Morgan fingerprint density at radius 3 is 2.60 bits per heavy atom. The van der Waals surface area contributed by atoms with E-state index in [9.17, 15) is 4.79 Å². The van der Waals surface area contributed by atoms with E-state index in [4.69, 9.17) is 5.73 Å². The zero-order valence-electron chi connectivity index (χ0n) is 12.9. The molecule has 1 atom stereocenters. The summed E-state index contributed by atoms with van der Waals surface area (Å²) in [5, 5.41) is 0. The number of nitrogen functional groups attached to an aromatic ring is 1. The number of anilines is 1. The average Bonchev–Trinajstić information content (AvgIpc) is 2.47. The second-order valence-electron chi connectivity index (χ2n) is 6.41. The molecular formula is C17H26N2O. The molecule has 0 aromatic heterocycles. The highest BCUT2D eigenvalue weighted by Gasteiger charge is 2.35. The fourth-order valence-electron chi connectivity index (χ4n) is 3.00. The van der Waals surface area contributed by atoms with Crippen LogP contribution in [0.5, 0.6) is 0 Å². The van der Waals surface area contributed by atoms with E-state index in [1.807, 2.05) is 43.0 Å². The van der Waals surface area contributed by atoms with Crippen molar-refractivity contribution >= 4 is 11.6 Å². The largest absolute Gasteiger partial charge is 0.399 e. The number of hydrogen-bond acceptors (Lipinski definition) is 2. The molecule has 1 aliphatic heterocycles. The van der Waals surface area contributed by atoms with E-state index in [1.54, 1.807) is 0 Å². The molecule has 2 N–H and O–H groups in total. The first kappa shape index (κ1) is 14.9. The van der Waals surface area contributed by atoms with Gasteiger partial charge in [0, 0.05) is 18.8 Å². The van der Waals surface area contributed by atoms with Crippen molar-refractivity contribution in [3.63, 3.8) is 0 Å². The Morgan fingerprint density at radius 2 is 2.00 bits per heavy atom. The molecule has 1 aromatic carbocycles. The lowest BCUT2D eigenvalue weighted by Crippen LogP contribution is -2.47. The Hall–Kier alpha value is -1.51. The number of rotatable bonds is 3. The number of benzene rings is 1. The van der Waals surface area contributed by atoms with E-state index in [-0.39, 0.29) is 5.91 Å². The van der Waals surface area contributed by atoms with Gasteiger partial charge < -0.3 is 10.6 Å². The Kier molecular flexibility index (Phi) is 4.36. The van der Waals surface area contributed by atoms with Gasteiger partial charge in [-0.2, -0.15) is 0 Å². The summed E-state index contributed by atoms with van der Waals surface area (Å²) < 4.78 is 0. The van der Waals surface area contributed by atoms with Gasteiger partial charge in [0.15, 0.2) is 0 Å². The Morgan fingerprint density at radius 1 is 1.35 bits per heavy atom. The molecule has 1 saturated heterocycles. The lowest BCUT2D eigenvalue weighted by atomic mass is 9.82. The van der Waals surface area contributed by atoms with Crippen LogP contribution in [0.15, 0.2) is 24.3 Å². The SMILES string of the molecule is CCC1CCCN(C(=O)C(C)(C)c2ccc(N)cc2)C1. The van der Waals surface area contributed by atoms with E-state index >= 15 is 0 Å². The number of piperidine rings is 1. The zero-order chi connectivity index (χ0) is 14.8. The van der Waals surface area contributed by atoms with Gasteiger partial charge in [0.05, 0.1) is 5.41 Å². The number of carbonyl (C=O) groups excluding carboxylic acids is 1. The number of likely N-dealkylation sites (tertiary alicyclic amines) is 1. The van der Waals surface area contributed by atoms with Crippen molar-refractivity contribution in [1.29, 1.82) is 0 Å². The summed E-state index contributed by atoms with van der Waals surface area (Å²) in [4.78, 5) is 14.9. The minimum Gasteiger partial charge on any atom is -0.399 e. The third-order valence-corrected chi connectivity index (χ3v) is 4.55. The van der Waals surface area contributed by atoms with Gasteiger partial charge in [0.2, 0.25) is 5.91 Å². The van der Waals surface area contributed by atoms with Gasteiger partial charge in [-0.15, -0.1) is 0 Å². The lowest BCUT2D eigenvalue weighted by Gasteiger charge is -2.37. The molecule has 0 aliphatic carbocycles. The fourth-order valence-corrected chi connectivity index (χ4v) is 3.00. The van der Waals surface area contributed by atoms with E-state index < -0.39 is 5.41 Å². The standard InChI is InChI=1S/C17H26N2O/c1-4-13-6-5-11-19(12-13)16(20)17(2,3)14-7-9-15(18)10-8-14/h7-10,13H,4-6,11-12,18H2,1-3H3. The fraction of sp³-hybridized carbons (Fsp3) is 0.588. The maximum absolute atomic E-state index is 12.9. The first-order valence-electron chi connectivity index (χ1n) is 7.60. The maximum atomic E-state index is 12.9. The van der Waals surface area contributed by atoms with Crippen LogP contribution in [0.4, 0.5) is 5.69 Å². The van der Waals surface area contributed by atoms with Crippen LogP contribution >= 0.6 is 0 Å². The smallest absolute Gasteiger partial charge is 0.232 e. The molecule has 1 heterocycles. The molecule has 3 heteroatoms. The highest BCUT2D eigenvalue weighted by atomic mass is 16.2. The quantitative estimate of drug-likeness (QED) is 0.860. The molecule has 20 heavy (non-hydrogen) atoms. The van der Waals surface area contributed by atoms with Gasteiger partial charge in [-0.3, -0.25) is 4.79 Å². The second kappa shape index (κ2) is 5.86. The molecule has 1 fully saturated rings. The normalized spacial score (nSPS) is 19.9. The van der Waals surface area contributed by atoms with Crippen LogP contribution in [0.1, 0.15) is 45.6 Å². The van der Waals surface area contributed by atoms with Crippen molar-refractivity contribution in [3.8, 4) is 0 Å². The van der Waals surface area contributed by atoms with Gasteiger partial charge in [-0.25, -0.2) is 0 Å². The molecule has 0 spiro atoms. The topological polar surface area (TPSA) is 46.3 Å². The van der Waals surface area contributed by atoms with Crippen LogP contribution in [0.25, 0.3) is 0 Å². The Labute approximate surface area is 122 Å². The Balaban J connectivity index is 2.16.